The van der Waals surface area contributed by atoms with Crippen molar-refractivity contribution in [2.75, 3.05) is 19.6 Å². The van der Waals surface area contributed by atoms with E-state index >= 15 is 0 Å². The summed E-state index contributed by atoms with van der Waals surface area (Å²) in [6.07, 6.45) is 2.80. The molecule has 0 amide bonds. The summed E-state index contributed by atoms with van der Waals surface area (Å²) < 4.78 is 0. The minimum atomic E-state index is -0.0208. The highest BCUT2D eigenvalue weighted by molar-refractivity contribution is 4.85. The molecule has 0 atom stereocenters. The van der Waals surface area contributed by atoms with Gasteiger partial charge in [0.05, 0.1) is 6.10 Å². The standard InChI is InChI=1S/C9H17NO/c1-7-2-8(3-7)4-10-5-9(11)6-10/h7-9,11H,2-6H2,1H3. The molecule has 0 unspecified atom stereocenters. The molecule has 1 N–H and O–H groups in total. The predicted octanol–water partition coefficient (Wildman–Crippen LogP) is 0.709. The minimum Gasteiger partial charge on any atom is -0.390 e. The van der Waals surface area contributed by atoms with E-state index in [4.69, 9.17) is 5.11 Å². The molecule has 1 aliphatic carbocycles. The maximum absolute atomic E-state index is 9.03. The normalized spacial score (nSPS) is 39.8. The highest BCUT2D eigenvalue weighted by Crippen LogP contribution is 2.34. The van der Waals surface area contributed by atoms with Crippen molar-refractivity contribution in [1.29, 1.82) is 0 Å². The Morgan fingerprint density at radius 3 is 2.45 bits per heavy atom. The summed E-state index contributed by atoms with van der Waals surface area (Å²) in [4.78, 5) is 2.36. The average Bonchev–Trinajstić information content (AvgIpc) is 1.81. The Morgan fingerprint density at radius 2 is 2.00 bits per heavy atom. The third-order valence-electron chi connectivity index (χ3n) is 2.93. The van der Waals surface area contributed by atoms with Gasteiger partial charge >= 0.3 is 0 Å². The Morgan fingerprint density at radius 1 is 1.36 bits per heavy atom. The third kappa shape index (κ3) is 1.57. The molecule has 11 heavy (non-hydrogen) atoms. The van der Waals surface area contributed by atoms with Crippen molar-refractivity contribution in [2.45, 2.75) is 25.9 Å². The molecule has 2 heteroatoms. The van der Waals surface area contributed by atoms with Gasteiger partial charge in [0.1, 0.15) is 0 Å². The lowest BCUT2D eigenvalue weighted by Gasteiger charge is -2.42. The Bertz CT molecular complexity index is 120. The van der Waals surface area contributed by atoms with Gasteiger partial charge in [-0.2, -0.15) is 0 Å². The summed E-state index contributed by atoms with van der Waals surface area (Å²) in [6.45, 7) is 5.40. The van der Waals surface area contributed by atoms with Crippen LogP contribution in [-0.2, 0) is 0 Å². The number of hydrogen-bond acceptors (Lipinski definition) is 2. The molecule has 1 heterocycles. The van der Waals surface area contributed by atoms with Crippen LogP contribution in [-0.4, -0.2) is 35.7 Å². The molecule has 0 spiro atoms. The summed E-state index contributed by atoms with van der Waals surface area (Å²) >= 11 is 0. The fourth-order valence-electron chi connectivity index (χ4n) is 2.27. The summed E-state index contributed by atoms with van der Waals surface area (Å²) in [5.41, 5.74) is 0. The second kappa shape index (κ2) is 2.76. The van der Waals surface area contributed by atoms with Crippen molar-refractivity contribution < 1.29 is 5.11 Å². The van der Waals surface area contributed by atoms with E-state index < -0.39 is 0 Å². The SMILES string of the molecule is CC1CC(CN2CC(O)C2)C1. The van der Waals surface area contributed by atoms with Crippen LogP contribution in [0.2, 0.25) is 0 Å². The maximum Gasteiger partial charge on any atom is 0.0793 e. The lowest BCUT2D eigenvalue weighted by molar-refractivity contribution is -0.0189. The Hall–Kier alpha value is -0.0800. The van der Waals surface area contributed by atoms with E-state index in [9.17, 15) is 0 Å². The lowest BCUT2D eigenvalue weighted by atomic mass is 9.75. The van der Waals surface area contributed by atoms with E-state index in [2.05, 4.69) is 11.8 Å². The first-order chi connectivity index (χ1) is 5.24. The van der Waals surface area contributed by atoms with Crippen LogP contribution >= 0.6 is 0 Å². The van der Waals surface area contributed by atoms with Gasteiger partial charge in [-0.15, -0.1) is 0 Å². The molecule has 2 fully saturated rings. The molecule has 0 radical (unpaired) electrons. The minimum absolute atomic E-state index is 0.0208. The van der Waals surface area contributed by atoms with E-state index in [1.165, 1.54) is 19.4 Å². The van der Waals surface area contributed by atoms with Gasteiger partial charge in [-0.3, -0.25) is 4.90 Å². The van der Waals surface area contributed by atoms with Gasteiger partial charge in [0.25, 0.3) is 0 Å². The number of aliphatic hydroxyl groups is 1. The zero-order chi connectivity index (χ0) is 7.84. The molecule has 2 aliphatic rings. The zero-order valence-corrected chi connectivity index (χ0v) is 7.16. The highest BCUT2D eigenvalue weighted by Gasteiger charge is 2.31. The van der Waals surface area contributed by atoms with E-state index in [0.717, 1.165) is 24.9 Å². The smallest absolute Gasteiger partial charge is 0.0793 e. The van der Waals surface area contributed by atoms with Gasteiger partial charge in [0, 0.05) is 19.6 Å². The fraction of sp³-hybridized carbons (Fsp3) is 1.00. The number of hydrogen-bond donors (Lipinski definition) is 1. The van der Waals surface area contributed by atoms with E-state index in [1.54, 1.807) is 0 Å². The van der Waals surface area contributed by atoms with Gasteiger partial charge in [-0.25, -0.2) is 0 Å². The number of β-amino-alcohol motifs (C(OH)–C–C–N with tert-alkyl or cyclic N) is 1. The quantitative estimate of drug-likeness (QED) is 0.635. The van der Waals surface area contributed by atoms with Crippen LogP contribution in [0, 0.1) is 11.8 Å². The van der Waals surface area contributed by atoms with E-state index in [-0.39, 0.29) is 6.10 Å². The van der Waals surface area contributed by atoms with Crippen molar-refractivity contribution in [3.05, 3.63) is 0 Å². The summed E-state index contributed by atoms with van der Waals surface area (Å²) in [5, 5.41) is 9.03. The van der Waals surface area contributed by atoms with Gasteiger partial charge in [-0.05, 0) is 24.7 Å². The van der Waals surface area contributed by atoms with Crippen molar-refractivity contribution in [3.63, 3.8) is 0 Å². The average molecular weight is 155 g/mol. The Labute approximate surface area is 68.2 Å². The van der Waals surface area contributed by atoms with Crippen LogP contribution < -0.4 is 0 Å². The number of nitrogens with zero attached hydrogens (tertiary/aromatic N) is 1. The van der Waals surface area contributed by atoms with Gasteiger partial charge in [0.15, 0.2) is 0 Å². The molecule has 1 aliphatic heterocycles. The van der Waals surface area contributed by atoms with Crippen molar-refractivity contribution >= 4 is 0 Å². The molecule has 0 aromatic heterocycles. The first-order valence-electron chi connectivity index (χ1n) is 4.64. The summed E-state index contributed by atoms with van der Waals surface area (Å²) in [7, 11) is 0. The Kier molecular flexibility index (Phi) is 1.90. The topological polar surface area (TPSA) is 23.5 Å². The van der Waals surface area contributed by atoms with Crippen LogP contribution in [0.4, 0.5) is 0 Å². The van der Waals surface area contributed by atoms with Crippen LogP contribution in [0.5, 0.6) is 0 Å². The van der Waals surface area contributed by atoms with Crippen LogP contribution in [0.25, 0.3) is 0 Å². The largest absolute Gasteiger partial charge is 0.390 e. The van der Waals surface area contributed by atoms with Crippen LogP contribution in [0.1, 0.15) is 19.8 Å². The van der Waals surface area contributed by atoms with Crippen molar-refractivity contribution in [1.82, 2.24) is 4.90 Å². The lowest BCUT2D eigenvalue weighted by Crippen LogP contribution is -2.53. The molecular formula is C9H17NO. The first-order valence-corrected chi connectivity index (χ1v) is 4.64. The molecule has 0 aromatic carbocycles. The molecule has 0 aromatic rings. The molecular weight excluding hydrogens is 138 g/mol. The van der Waals surface area contributed by atoms with Gasteiger partial charge in [-0.1, -0.05) is 6.92 Å². The third-order valence-corrected chi connectivity index (χ3v) is 2.93. The molecule has 0 bridgehead atoms. The number of aliphatic hydroxyl groups excluding tert-OH is 1. The monoisotopic (exact) mass is 155 g/mol. The maximum atomic E-state index is 9.03. The highest BCUT2D eigenvalue weighted by atomic mass is 16.3. The molecule has 2 nitrogen and oxygen atoms in total. The van der Waals surface area contributed by atoms with Gasteiger partial charge in [0.2, 0.25) is 0 Å². The molecule has 1 saturated carbocycles. The molecule has 1 saturated heterocycles. The van der Waals surface area contributed by atoms with E-state index in [0.29, 0.717) is 0 Å². The van der Waals surface area contributed by atoms with Crippen molar-refractivity contribution in [3.8, 4) is 0 Å². The first kappa shape index (κ1) is 7.56. The molecule has 64 valence electrons. The van der Waals surface area contributed by atoms with Crippen LogP contribution in [0.3, 0.4) is 0 Å². The Balaban J connectivity index is 1.61. The zero-order valence-electron chi connectivity index (χ0n) is 7.16. The second-order valence-electron chi connectivity index (χ2n) is 4.31. The molecule has 2 rings (SSSR count). The van der Waals surface area contributed by atoms with Crippen molar-refractivity contribution in [2.24, 2.45) is 11.8 Å². The second-order valence-corrected chi connectivity index (χ2v) is 4.31. The summed E-state index contributed by atoms with van der Waals surface area (Å²) in [5.74, 6) is 1.91. The van der Waals surface area contributed by atoms with Gasteiger partial charge < -0.3 is 5.11 Å². The summed E-state index contributed by atoms with van der Waals surface area (Å²) in [6, 6.07) is 0. The fourth-order valence-corrected chi connectivity index (χ4v) is 2.27. The van der Waals surface area contributed by atoms with Crippen LogP contribution in [0.15, 0.2) is 0 Å². The number of likely N-dealkylation sites (tertiary alicyclic amines) is 1. The predicted molar refractivity (Wildman–Crippen MR) is 44.3 cm³/mol. The van der Waals surface area contributed by atoms with E-state index in [1.807, 2.05) is 0 Å². The number of rotatable bonds is 2.